The molecule has 1 aliphatic rings. The van der Waals surface area contributed by atoms with Gasteiger partial charge in [0.2, 0.25) is 11.7 Å². The molecule has 0 unspecified atom stereocenters. The molecule has 0 saturated carbocycles. The van der Waals surface area contributed by atoms with E-state index in [4.69, 9.17) is 0 Å². The number of fused-ring (bicyclic) bond motifs is 3. The largest absolute Gasteiger partial charge is 0.333 e. The normalized spacial score (nSPS) is 14.1. The average molecular weight is 477 g/mol. The Morgan fingerprint density at radius 1 is 1.15 bits per heavy atom. The number of rotatable bonds is 6. The summed E-state index contributed by atoms with van der Waals surface area (Å²) in [4.78, 5) is 33.4. The molecule has 33 heavy (non-hydrogen) atoms. The lowest BCUT2D eigenvalue weighted by Gasteiger charge is -2.27. The van der Waals surface area contributed by atoms with Crippen LogP contribution in [-0.2, 0) is 17.9 Å². The van der Waals surface area contributed by atoms with Gasteiger partial charge in [0.05, 0.1) is 23.0 Å². The van der Waals surface area contributed by atoms with Gasteiger partial charge in [-0.1, -0.05) is 23.1 Å². The van der Waals surface area contributed by atoms with Gasteiger partial charge in [-0.15, -0.1) is 0 Å². The Balaban J connectivity index is 1.09. The van der Waals surface area contributed by atoms with Gasteiger partial charge in [0, 0.05) is 55.7 Å². The quantitative estimate of drug-likeness (QED) is 0.401. The van der Waals surface area contributed by atoms with E-state index in [9.17, 15) is 4.79 Å². The maximum Gasteiger partial charge on any atom is 0.234 e. The van der Waals surface area contributed by atoms with Gasteiger partial charge in [0.1, 0.15) is 10.9 Å². The molecule has 5 heterocycles. The molecule has 0 radical (unpaired) electrons. The van der Waals surface area contributed by atoms with Gasteiger partial charge < -0.3 is 9.88 Å². The van der Waals surface area contributed by atoms with Crippen molar-refractivity contribution in [1.82, 2.24) is 33.8 Å². The summed E-state index contributed by atoms with van der Waals surface area (Å²) in [5.74, 6) is 1.72. The molecule has 4 aromatic heterocycles. The molecule has 6 rings (SSSR count). The minimum atomic E-state index is -0.0178. The number of hydrogen-bond acceptors (Lipinski definition) is 8. The first-order valence-corrected chi connectivity index (χ1v) is 12.2. The molecule has 0 fully saturated rings. The molecular formula is C22H20N8OS2. The lowest BCUT2D eigenvalue weighted by Crippen LogP contribution is -2.35. The second-order valence-electron chi connectivity index (χ2n) is 7.75. The number of hydrogen-bond donors (Lipinski definition) is 1. The fourth-order valence-corrected chi connectivity index (χ4v) is 5.78. The van der Waals surface area contributed by atoms with Crippen molar-refractivity contribution >= 4 is 50.1 Å². The molecular weight excluding hydrogens is 456 g/mol. The Hall–Kier alpha value is -3.28. The molecule has 0 saturated heterocycles. The smallest absolute Gasteiger partial charge is 0.234 e. The fraction of sp³-hybridized carbons (Fsp3) is 0.227. The SMILES string of the molecule is O=C(CCN1CCn2ccnc2C1)Nc1nc2ccc(Sc3cnc4ncccn34)cc2s1. The molecule has 166 valence electrons. The van der Waals surface area contributed by atoms with Crippen LogP contribution >= 0.6 is 23.1 Å². The fourth-order valence-electron chi connectivity index (χ4n) is 3.88. The molecule has 1 aliphatic heterocycles. The Morgan fingerprint density at radius 2 is 2.12 bits per heavy atom. The van der Waals surface area contributed by atoms with Crippen LogP contribution in [0.2, 0.25) is 0 Å². The Kier molecular flexibility index (Phi) is 5.29. The molecule has 1 N–H and O–H groups in total. The molecule has 0 atom stereocenters. The average Bonchev–Trinajstić information content (AvgIpc) is 3.55. The maximum absolute atomic E-state index is 12.5. The number of carbonyl (C=O) groups is 1. The van der Waals surface area contributed by atoms with E-state index in [1.54, 1.807) is 18.0 Å². The van der Waals surface area contributed by atoms with Crippen LogP contribution in [0.4, 0.5) is 5.13 Å². The number of thiazole rings is 1. The molecule has 1 amide bonds. The minimum Gasteiger partial charge on any atom is -0.333 e. The second-order valence-corrected chi connectivity index (χ2v) is 9.87. The van der Waals surface area contributed by atoms with Crippen molar-refractivity contribution in [2.45, 2.75) is 29.4 Å². The van der Waals surface area contributed by atoms with E-state index < -0.39 is 0 Å². The Morgan fingerprint density at radius 3 is 3.09 bits per heavy atom. The van der Waals surface area contributed by atoms with Gasteiger partial charge in [-0.05, 0) is 24.3 Å². The first-order chi connectivity index (χ1) is 16.2. The van der Waals surface area contributed by atoms with Gasteiger partial charge >= 0.3 is 0 Å². The molecule has 5 aromatic rings. The van der Waals surface area contributed by atoms with Crippen LogP contribution in [0, 0.1) is 0 Å². The van der Waals surface area contributed by atoms with E-state index in [-0.39, 0.29) is 5.91 Å². The number of aromatic nitrogens is 6. The zero-order valence-electron chi connectivity index (χ0n) is 17.6. The number of benzene rings is 1. The van der Waals surface area contributed by atoms with Gasteiger partial charge in [-0.25, -0.2) is 19.9 Å². The van der Waals surface area contributed by atoms with Gasteiger partial charge in [-0.2, -0.15) is 0 Å². The van der Waals surface area contributed by atoms with Crippen LogP contribution < -0.4 is 5.32 Å². The maximum atomic E-state index is 12.5. The van der Waals surface area contributed by atoms with Crippen molar-refractivity contribution in [1.29, 1.82) is 0 Å². The zero-order chi connectivity index (χ0) is 22.2. The summed E-state index contributed by atoms with van der Waals surface area (Å²) in [5, 5.41) is 4.59. The van der Waals surface area contributed by atoms with E-state index in [0.29, 0.717) is 23.9 Å². The summed E-state index contributed by atoms with van der Waals surface area (Å²) in [6, 6.07) is 8.01. The molecule has 11 heteroatoms. The van der Waals surface area contributed by atoms with Crippen molar-refractivity contribution in [2.24, 2.45) is 0 Å². The lowest BCUT2D eigenvalue weighted by molar-refractivity contribution is -0.116. The topological polar surface area (TPSA) is 93.2 Å². The Bertz CT molecular complexity index is 1460. The molecule has 0 spiro atoms. The number of amides is 1. The highest BCUT2D eigenvalue weighted by Gasteiger charge is 2.17. The van der Waals surface area contributed by atoms with Crippen molar-refractivity contribution in [3.05, 3.63) is 61.1 Å². The van der Waals surface area contributed by atoms with Crippen LogP contribution in [0.3, 0.4) is 0 Å². The molecule has 0 aliphatic carbocycles. The molecule has 1 aromatic carbocycles. The number of imidazole rings is 2. The second kappa shape index (κ2) is 8.58. The highest BCUT2D eigenvalue weighted by Crippen LogP contribution is 2.33. The summed E-state index contributed by atoms with van der Waals surface area (Å²) >= 11 is 3.11. The third kappa shape index (κ3) is 4.22. The van der Waals surface area contributed by atoms with Crippen molar-refractivity contribution < 1.29 is 4.79 Å². The summed E-state index contributed by atoms with van der Waals surface area (Å²) in [7, 11) is 0. The third-order valence-electron chi connectivity index (χ3n) is 5.56. The van der Waals surface area contributed by atoms with Crippen molar-refractivity contribution in [2.75, 3.05) is 18.4 Å². The number of carbonyl (C=O) groups excluding carboxylic acids is 1. The standard InChI is InChI=1S/C22H20N8OS2/c31-19(4-8-28-10-11-29-9-6-23-18(29)14-28)27-22-26-16-3-2-15(12-17(16)33-22)32-20-13-25-21-24-5-1-7-30(20)21/h1-3,5-7,9,12-13H,4,8,10-11,14H2,(H,26,27,31). The third-order valence-corrected chi connectivity index (χ3v) is 7.50. The summed E-state index contributed by atoms with van der Waals surface area (Å²) in [6.45, 7) is 3.34. The van der Waals surface area contributed by atoms with E-state index in [2.05, 4.69) is 40.8 Å². The first-order valence-electron chi connectivity index (χ1n) is 10.6. The van der Waals surface area contributed by atoms with Gasteiger partial charge in [0.15, 0.2) is 5.13 Å². The van der Waals surface area contributed by atoms with Gasteiger partial charge in [0.25, 0.3) is 0 Å². The van der Waals surface area contributed by atoms with Gasteiger partial charge in [-0.3, -0.25) is 14.1 Å². The molecule has 9 nitrogen and oxygen atoms in total. The first kappa shape index (κ1) is 20.3. The highest BCUT2D eigenvalue weighted by molar-refractivity contribution is 7.99. The van der Waals surface area contributed by atoms with Crippen molar-refractivity contribution in [3.63, 3.8) is 0 Å². The highest BCUT2D eigenvalue weighted by atomic mass is 32.2. The monoisotopic (exact) mass is 476 g/mol. The van der Waals surface area contributed by atoms with Crippen LogP contribution in [0.1, 0.15) is 12.2 Å². The predicted octanol–water partition coefficient (Wildman–Crippen LogP) is 3.53. The molecule has 0 bridgehead atoms. The van der Waals surface area contributed by atoms with E-state index in [1.807, 2.05) is 47.4 Å². The Labute approximate surface area is 197 Å². The van der Waals surface area contributed by atoms with Crippen LogP contribution in [0.15, 0.2) is 65.2 Å². The number of nitrogens with one attached hydrogen (secondary N) is 1. The minimum absolute atomic E-state index is 0.0178. The van der Waals surface area contributed by atoms with E-state index >= 15 is 0 Å². The number of anilines is 1. The predicted molar refractivity (Wildman–Crippen MR) is 127 cm³/mol. The van der Waals surface area contributed by atoms with Crippen molar-refractivity contribution in [3.8, 4) is 0 Å². The lowest BCUT2D eigenvalue weighted by atomic mass is 10.3. The van der Waals surface area contributed by atoms with E-state index in [1.165, 1.54) is 11.3 Å². The van der Waals surface area contributed by atoms with E-state index in [0.717, 1.165) is 45.6 Å². The summed E-state index contributed by atoms with van der Waals surface area (Å²) in [6.07, 6.45) is 9.78. The summed E-state index contributed by atoms with van der Waals surface area (Å²) in [5.41, 5.74) is 0.877. The zero-order valence-corrected chi connectivity index (χ0v) is 19.2. The number of nitrogens with zero attached hydrogens (tertiary/aromatic N) is 7. The van der Waals surface area contributed by atoms with Crippen LogP contribution in [0.5, 0.6) is 0 Å². The van der Waals surface area contributed by atoms with Crippen LogP contribution in [-0.4, -0.2) is 52.8 Å². The van der Waals surface area contributed by atoms with Crippen LogP contribution in [0.25, 0.3) is 16.0 Å². The summed E-state index contributed by atoms with van der Waals surface area (Å²) < 4.78 is 5.16.